The lowest BCUT2D eigenvalue weighted by atomic mass is 9.90. The van der Waals surface area contributed by atoms with Gasteiger partial charge in [-0.2, -0.15) is 0 Å². The Hall–Kier alpha value is -2.04. The molecule has 0 aliphatic rings. The zero-order valence-corrected chi connectivity index (χ0v) is 17.1. The van der Waals surface area contributed by atoms with Gasteiger partial charge in [0.2, 0.25) is 0 Å². The smallest absolute Gasteiger partial charge is 0.338 e. The summed E-state index contributed by atoms with van der Waals surface area (Å²) in [6.45, 7) is 6.30. The van der Waals surface area contributed by atoms with E-state index in [1.54, 1.807) is 48.5 Å². The first-order valence-electron chi connectivity index (χ1n) is 8.78. The molecule has 4 nitrogen and oxygen atoms in total. The number of ether oxygens (including phenoxy) is 1. The number of benzene rings is 2. The van der Waals surface area contributed by atoms with Crippen LogP contribution >= 0.6 is 23.2 Å². The third kappa shape index (κ3) is 6.26. The predicted octanol–water partition coefficient (Wildman–Crippen LogP) is 5.24. The quantitative estimate of drug-likeness (QED) is 0.638. The maximum absolute atomic E-state index is 12.3. The number of hydrogen-bond donors (Lipinski definition) is 1. The summed E-state index contributed by atoms with van der Waals surface area (Å²) in [6.07, 6.45) is -0.362. The molecule has 0 heterocycles. The van der Waals surface area contributed by atoms with E-state index in [1.807, 2.05) is 20.8 Å². The summed E-state index contributed by atoms with van der Waals surface area (Å²) in [5, 5.41) is 4.05. The van der Waals surface area contributed by atoms with Gasteiger partial charge in [-0.25, -0.2) is 4.79 Å². The molecule has 2 aromatic rings. The van der Waals surface area contributed by atoms with Crippen LogP contribution in [0.2, 0.25) is 10.0 Å². The number of rotatable bonds is 7. The average molecular weight is 408 g/mol. The second-order valence-electron chi connectivity index (χ2n) is 6.74. The van der Waals surface area contributed by atoms with Gasteiger partial charge in [0.15, 0.2) is 0 Å². The Kier molecular flexibility index (Phi) is 7.69. The molecule has 2 unspecified atom stereocenters. The molecule has 1 N–H and O–H groups in total. The first kappa shape index (κ1) is 21.3. The largest absolute Gasteiger partial charge is 0.459 e. The zero-order valence-electron chi connectivity index (χ0n) is 15.5. The number of hydrogen-bond acceptors (Lipinski definition) is 3. The minimum absolute atomic E-state index is 0.0301. The van der Waals surface area contributed by atoms with Crippen molar-refractivity contribution in [3.8, 4) is 0 Å². The van der Waals surface area contributed by atoms with Crippen LogP contribution in [-0.2, 0) is 4.74 Å². The Morgan fingerprint density at radius 3 is 1.85 bits per heavy atom. The molecule has 0 bridgehead atoms. The number of amides is 1. The molecule has 1 amide bonds. The van der Waals surface area contributed by atoms with Gasteiger partial charge in [0.1, 0.15) is 6.10 Å². The van der Waals surface area contributed by atoms with Gasteiger partial charge < -0.3 is 10.1 Å². The maximum atomic E-state index is 12.3. The van der Waals surface area contributed by atoms with E-state index in [-0.39, 0.29) is 23.8 Å². The molecule has 0 aliphatic carbocycles. The highest BCUT2D eigenvalue weighted by Gasteiger charge is 2.25. The van der Waals surface area contributed by atoms with Crippen LogP contribution in [0.5, 0.6) is 0 Å². The fourth-order valence-electron chi connectivity index (χ4n) is 2.77. The Balaban J connectivity index is 1.96. The summed E-state index contributed by atoms with van der Waals surface area (Å²) in [5.74, 6) is -0.413. The van der Waals surface area contributed by atoms with Crippen LogP contribution in [0.15, 0.2) is 48.5 Å². The number of carbonyl (C=O) groups is 2. The van der Waals surface area contributed by atoms with E-state index in [4.69, 9.17) is 27.9 Å². The summed E-state index contributed by atoms with van der Waals surface area (Å²) >= 11 is 11.7. The summed E-state index contributed by atoms with van der Waals surface area (Å²) in [6, 6.07) is 13.2. The van der Waals surface area contributed by atoms with Crippen LogP contribution in [0.25, 0.3) is 0 Å². The van der Waals surface area contributed by atoms with Gasteiger partial charge in [-0.1, -0.05) is 37.0 Å². The van der Waals surface area contributed by atoms with Crippen LogP contribution in [0, 0.1) is 11.8 Å². The highest BCUT2D eigenvalue weighted by molar-refractivity contribution is 6.31. The molecule has 2 atom stereocenters. The van der Waals surface area contributed by atoms with Crippen LogP contribution in [0.4, 0.5) is 0 Å². The lowest BCUT2D eigenvalue weighted by molar-refractivity contribution is 0.0130. The topological polar surface area (TPSA) is 55.4 Å². The van der Waals surface area contributed by atoms with Gasteiger partial charge in [0, 0.05) is 28.1 Å². The number of carbonyl (C=O) groups excluding carboxylic acids is 2. The molecular formula is C21H23Cl2NO3. The summed E-state index contributed by atoms with van der Waals surface area (Å²) < 4.78 is 5.60. The molecule has 0 fully saturated rings. The molecule has 0 aliphatic heterocycles. The van der Waals surface area contributed by atoms with E-state index in [0.717, 1.165) is 0 Å². The van der Waals surface area contributed by atoms with Crippen LogP contribution in [0.3, 0.4) is 0 Å². The standard InChI is InChI=1S/C21H23Cl2NO3/c1-13(2)19(12-24-20(25)15-4-8-17(22)9-5-15)14(3)27-21(26)16-6-10-18(23)11-7-16/h4-11,13-14,19H,12H2,1-3H3,(H,24,25). The second-order valence-corrected chi connectivity index (χ2v) is 7.61. The van der Waals surface area contributed by atoms with Crippen molar-refractivity contribution in [3.63, 3.8) is 0 Å². The molecule has 6 heteroatoms. The van der Waals surface area contributed by atoms with Gasteiger partial charge in [-0.15, -0.1) is 0 Å². The normalized spacial score (nSPS) is 13.1. The second kappa shape index (κ2) is 9.77. The summed E-state index contributed by atoms with van der Waals surface area (Å²) in [5.41, 5.74) is 0.978. The van der Waals surface area contributed by atoms with E-state index < -0.39 is 5.97 Å². The molecule has 0 saturated carbocycles. The number of nitrogens with one attached hydrogen (secondary N) is 1. The van der Waals surface area contributed by atoms with Gasteiger partial charge >= 0.3 is 5.97 Å². The third-order valence-corrected chi connectivity index (χ3v) is 4.94. The van der Waals surface area contributed by atoms with Crippen molar-refractivity contribution >= 4 is 35.1 Å². The number of halogens is 2. The van der Waals surface area contributed by atoms with Crippen LogP contribution in [0.1, 0.15) is 41.5 Å². The van der Waals surface area contributed by atoms with Crippen molar-refractivity contribution in [2.24, 2.45) is 11.8 Å². The Morgan fingerprint density at radius 2 is 1.37 bits per heavy atom. The SMILES string of the molecule is CC(C)C(CNC(=O)c1ccc(Cl)cc1)C(C)OC(=O)c1ccc(Cl)cc1. The molecule has 27 heavy (non-hydrogen) atoms. The van der Waals surface area contributed by atoms with Crippen molar-refractivity contribution in [2.75, 3.05) is 6.54 Å². The van der Waals surface area contributed by atoms with Crippen molar-refractivity contribution < 1.29 is 14.3 Å². The maximum Gasteiger partial charge on any atom is 0.338 e. The third-order valence-electron chi connectivity index (χ3n) is 4.44. The first-order valence-corrected chi connectivity index (χ1v) is 9.54. The lowest BCUT2D eigenvalue weighted by Gasteiger charge is -2.27. The van der Waals surface area contributed by atoms with E-state index in [2.05, 4.69) is 5.32 Å². The summed E-state index contributed by atoms with van der Waals surface area (Å²) in [7, 11) is 0. The molecule has 2 aromatic carbocycles. The molecule has 144 valence electrons. The molecule has 0 spiro atoms. The van der Waals surface area contributed by atoms with Crippen molar-refractivity contribution in [3.05, 3.63) is 69.7 Å². The van der Waals surface area contributed by atoms with E-state index in [0.29, 0.717) is 27.7 Å². The molecule has 0 aromatic heterocycles. The molecule has 0 saturated heterocycles. The minimum atomic E-state index is -0.408. The van der Waals surface area contributed by atoms with Crippen molar-refractivity contribution in [1.29, 1.82) is 0 Å². The fourth-order valence-corrected chi connectivity index (χ4v) is 3.02. The minimum Gasteiger partial charge on any atom is -0.459 e. The van der Waals surface area contributed by atoms with Crippen molar-refractivity contribution in [2.45, 2.75) is 26.9 Å². The highest BCUT2D eigenvalue weighted by Crippen LogP contribution is 2.20. The zero-order chi connectivity index (χ0) is 20.0. The Morgan fingerprint density at radius 1 is 0.889 bits per heavy atom. The van der Waals surface area contributed by atoms with Crippen molar-refractivity contribution in [1.82, 2.24) is 5.32 Å². The molecule has 2 rings (SSSR count). The Labute approximate surface area is 169 Å². The summed E-state index contributed by atoms with van der Waals surface area (Å²) in [4.78, 5) is 24.6. The van der Waals surface area contributed by atoms with E-state index in [9.17, 15) is 9.59 Å². The predicted molar refractivity (Wildman–Crippen MR) is 108 cm³/mol. The average Bonchev–Trinajstić information content (AvgIpc) is 2.62. The highest BCUT2D eigenvalue weighted by atomic mass is 35.5. The van der Waals surface area contributed by atoms with Gasteiger partial charge in [0.25, 0.3) is 5.91 Å². The van der Waals surface area contributed by atoms with Gasteiger partial charge in [0.05, 0.1) is 5.56 Å². The van der Waals surface area contributed by atoms with Crippen LogP contribution < -0.4 is 5.32 Å². The Bertz CT molecular complexity index is 773. The monoisotopic (exact) mass is 407 g/mol. The van der Waals surface area contributed by atoms with E-state index in [1.165, 1.54) is 0 Å². The van der Waals surface area contributed by atoms with Gasteiger partial charge in [-0.05, 0) is 61.4 Å². The van der Waals surface area contributed by atoms with E-state index >= 15 is 0 Å². The van der Waals surface area contributed by atoms with Crippen LogP contribution in [-0.4, -0.2) is 24.5 Å². The fraction of sp³-hybridized carbons (Fsp3) is 0.333. The lowest BCUT2D eigenvalue weighted by Crippen LogP contribution is -2.38. The first-order chi connectivity index (χ1) is 12.8. The molecule has 0 radical (unpaired) electrons. The van der Waals surface area contributed by atoms with Gasteiger partial charge in [-0.3, -0.25) is 4.79 Å². The number of esters is 1. The molecular weight excluding hydrogens is 385 g/mol.